The number of hydrazine groups is 1. The van der Waals surface area contributed by atoms with Crippen LogP contribution in [-0.4, -0.2) is 33.7 Å². The number of amides is 1. The highest BCUT2D eigenvalue weighted by atomic mass is 16.1. The van der Waals surface area contributed by atoms with Crippen molar-refractivity contribution in [3.63, 3.8) is 0 Å². The van der Waals surface area contributed by atoms with Crippen LogP contribution in [0.15, 0.2) is 48.8 Å². The number of nitrogens with one attached hydrogen (secondary N) is 1. The average molecular weight is 516 g/mol. The van der Waals surface area contributed by atoms with Crippen LogP contribution in [0, 0.1) is 13.8 Å². The molecule has 0 unspecified atom stereocenters. The molecule has 2 heterocycles. The first-order valence-corrected chi connectivity index (χ1v) is 13.2. The van der Waals surface area contributed by atoms with Crippen LogP contribution in [-0.2, 0) is 19.0 Å². The maximum atomic E-state index is 13.4. The van der Waals surface area contributed by atoms with Gasteiger partial charge in [-0.05, 0) is 86.1 Å². The number of anilines is 2. The van der Waals surface area contributed by atoms with Crippen molar-refractivity contribution in [2.75, 3.05) is 23.4 Å². The van der Waals surface area contributed by atoms with Gasteiger partial charge in [0.25, 0.3) is 5.91 Å². The highest BCUT2D eigenvalue weighted by molar-refractivity contribution is 6.05. The number of benzene rings is 2. The van der Waals surface area contributed by atoms with E-state index in [1.165, 1.54) is 29.0 Å². The van der Waals surface area contributed by atoms with Gasteiger partial charge in [-0.25, -0.2) is 5.84 Å². The molecule has 1 saturated heterocycles. The normalized spacial score (nSPS) is 14.7. The van der Waals surface area contributed by atoms with E-state index in [1.807, 2.05) is 33.0 Å². The van der Waals surface area contributed by atoms with Crippen molar-refractivity contribution < 1.29 is 4.79 Å². The SMILES string of the molecule is Cc1ccc(C(=O)Nc2cc(CN3CCCC3)cc(C(C)(C)C)c2)cc1N(N)/C=C(\N)c1cnn(C)c1C. The lowest BCUT2D eigenvalue weighted by Crippen LogP contribution is -2.27. The summed E-state index contributed by atoms with van der Waals surface area (Å²) in [5.74, 6) is 6.21. The van der Waals surface area contributed by atoms with Crippen LogP contribution >= 0.6 is 0 Å². The molecular weight excluding hydrogens is 474 g/mol. The predicted octanol–water partition coefficient (Wildman–Crippen LogP) is 4.82. The van der Waals surface area contributed by atoms with Gasteiger partial charge in [-0.1, -0.05) is 32.9 Å². The van der Waals surface area contributed by atoms with Crippen LogP contribution in [0.2, 0.25) is 0 Å². The van der Waals surface area contributed by atoms with E-state index in [1.54, 1.807) is 23.1 Å². The van der Waals surface area contributed by atoms with Crippen LogP contribution in [0.4, 0.5) is 11.4 Å². The fraction of sp³-hybridized carbons (Fsp3) is 0.400. The molecule has 1 aliphatic heterocycles. The maximum absolute atomic E-state index is 13.4. The van der Waals surface area contributed by atoms with E-state index in [9.17, 15) is 4.79 Å². The number of hydrogen-bond donors (Lipinski definition) is 3. The van der Waals surface area contributed by atoms with Crippen LogP contribution < -0.4 is 21.9 Å². The minimum absolute atomic E-state index is 0.0313. The Morgan fingerprint density at radius 2 is 1.84 bits per heavy atom. The van der Waals surface area contributed by atoms with Gasteiger partial charge in [0.1, 0.15) is 0 Å². The van der Waals surface area contributed by atoms with Crippen LogP contribution in [0.5, 0.6) is 0 Å². The number of nitrogens with two attached hydrogens (primary N) is 2. The molecule has 0 saturated carbocycles. The summed E-state index contributed by atoms with van der Waals surface area (Å²) in [7, 11) is 1.87. The highest BCUT2D eigenvalue weighted by Gasteiger charge is 2.19. The number of aryl methyl sites for hydroxylation is 2. The average Bonchev–Trinajstić information content (AvgIpc) is 3.48. The van der Waals surface area contributed by atoms with E-state index in [0.717, 1.165) is 42.1 Å². The zero-order valence-electron chi connectivity index (χ0n) is 23.5. The Morgan fingerprint density at radius 3 is 2.47 bits per heavy atom. The van der Waals surface area contributed by atoms with Crippen molar-refractivity contribution in [3.05, 3.63) is 82.3 Å². The van der Waals surface area contributed by atoms with E-state index in [-0.39, 0.29) is 11.3 Å². The minimum Gasteiger partial charge on any atom is -0.397 e. The Morgan fingerprint density at radius 1 is 1.13 bits per heavy atom. The maximum Gasteiger partial charge on any atom is 0.255 e. The van der Waals surface area contributed by atoms with E-state index in [2.05, 4.69) is 54.3 Å². The number of carbonyl (C=O) groups is 1. The quantitative estimate of drug-likeness (QED) is 0.308. The van der Waals surface area contributed by atoms with Gasteiger partial charge in [-0.2, -0.15) is 5.10 Å². The molecule has 4 rings (SSSR count). The molecule has 0 bridgehead atoms. The summed E-state index contributed by atoms with van der Waals surface area (Å²) in [6.45, 7) is 13.6. The second kappa shape index (κ2) is 11.0. The van der Waals surface area contributed by atoms with Gasteiger partial charge in [-0.15, -0.1) is 0 Å². The molecule has 0 aliphatic carbocycles. The molecule has 3 aromatic rings. The molecule has 38 heavy (non-hydrogen) atoms. The molecular formula is C30H41N7O. The zero-order valence-corrected chi connectivity index (χ0v) is 23.5. The summed E-state index contributed by atoms with van der Waals surface area (Å²) >= 11 is 0. The number of carbonyl (C=O) groups excluding carboxylic acids is 1. The van der Waals surface area contributed by atoms with Crippen molar-refractivity contribution in [3.8, 4) is 0 Å². The second-order valence-corrected chi connectivity index (χ2v) is 11.4. The molecule has 1 aliphatic rings. The highest BCUT2D eigenvalue weighted by Crippen LogP contribution is 2.29. The first-order chi connectivity index (χ1) is 17.9. The van der Waals surface area contributed by atoms with Gasteiger partial charge in [0.2, 0.25) is 0 Å². The lowest BCUT2D eigenvalue weighted by molar-refractivity contribution is 0.102. The molecule has 8 nitrogen and oxygen atoms in total. The molecule has 8 heteroatoms. The molecule has 0 radical (unpaired) electrons. The number of hydrogen-bond acceptors (Lipinski definition) is 6. The van der Waals surface area contributed by atoms with Crippen LogP contribution in [0.1, 0.15) is 71.9 Å². The predicted molar refractivity (Wildman–Crippen MR) is 156 cm³/mol. The van der Waals surface area contributed by atoms with Crippen molar-refractivity contribution in [2.24, 2.45) is 18.6 Å². The van der Waals surface area contributed by atoms with Gasteiger partial charge in [-0.3, -0.25) is 19.4 Å². The Hall–Kier alpha value is -3.62. The van der Waals surface area contributed by atoms with Crippen LogP contribution in [0.25, 0.3) is 5.70 Å². The molecule has 1 amide bonds. The van der Waals surface area contributed by atoms with Gasteiger partial charge >= 0.3 is 0 Å². The summed E-state index contributed by atoms with van der Waals surface area (Å²) in [4.78, 5) is 15.9. The zero-order chi connectivity index (χ0) is 27.6. The van der Waals surface area contributed by atoms with E-state index in [0.29, 0.717) is 16.9 Å². The third-order valence-corrected chi connectivity index (χ3v) is 7.30. The molecule has 0 atom stereocenters. The monoisotopic (exact) mass is 515 g/mol. The molecule has 1 aromatic heterocycles. The summed E-state index contributed by atoms with van der Waals surface area (Å²) in [6.07, 6.45) is 5.87. The fourth-order valence-electron chi connectivity index (χ4n) is 4.79. The molecule has 0 spiro atoms. The lowest BCUT2D eigenvalue weighted by atomic mass is 9.85. The van der Waals surface area contributed by atoms with Crippen molar-refractivity contribution >= 4 is 23.0 Å². The number of aromatic nitrogens is 2. The summed E-state index contributed by atoms with van der Waals surface area (Å²) in [5, 5.41) is 8.84. The first-order valence-electron chi connectivity index (χ1n) is 13.2. The first kappa shape index (κ1) is 27.4. The van der Waals surface area contributed by atoms with Gasteiger partial charge < -0.3 is 11.1 Å². The minimum atomic E-state index is -0.183. The number of likely N-dealkylation sites (tertiary alicyclic amines) is 1. The van der Waals surface area contributed by atoms with Crippen molar-refractivity contribution in [1.82, 2.24) is 14.7 Å². The third kappa shape index (κ3) is 6.26. The second-order valence-electron chi connectivity index (χ2n) is 11.4. The lowest BCUT2D eigenvalue weighted by Gasteiger charge is -2.23. The smallest absolute Gasteiger partial charge is 0.255 e. The van der Waals surface area contributed by atoms with E-state index in [4.69, 9.17) is 11.6 Å². The van der Waals surface area contributed by atoms with E-state index < -0.39 is 0 Å². The van der Waals surface area contributed by atoms with Gasteiger partial charge in [0.15, 0.2) is 0 Å². The Kier molecular flexibility index (Phi) is 7.94. The summed E-state index contributed by atoms with van der Waals surface area (Å²) in [6, 6.07) is 12.0. The topological polar surface area (TPSA) is 105 Å². The van der Waals surface area contributed by atoms with Crippen molar-refractivity contribution in [1.29, 1.82) is 0 Å². The third-order valence-electron chi connectivity index (χ3n) is 7.30. The van der Waals surface area contributed by atoms with Crippen molar-refractivity contribution in [2.45, 2.75) is 59.4 Å². The standard InChI is InChI=1S/C30H41N7O/c1-20-9-10-23(15-28(20)37(32)19-27(31)26-17-33-35(6)21(26)2)29(38)34-25-14-22(18-36-11-7-8-12-36)13-24(16-25)30(3,4)5/h9-10,13-17,19H,7-8,11-12,18,31-32H2,1-6H3,(H,34,38)/b27-19-. The molecule has 202 valence electrons. The number of rotatable bonds is 7. The molecule has 1 fully saturated rings. The summed E-state index contributed by atoms with van der Waals surface area (Å²) in [5.41, 5.74) is 13.9. The van der Waals surface area contributed by atoms with Crippen LogP contribution in [0.3, 0.4) is 0 Å². The summed E-state index contributed by atoms with van der Waals surface area (Å²) < 4.78 is 1.76. The molecule has 2 aromatic carbocycles. The Balaban J connectivity index is 1.57. The van der Waals surface area contributed by atoms with E-state index >= 15 is 0 Å². The Bertz CT molecular complexity index is 1340. The number of nitrogens with zero attached hydrogens (tertiary/aromatic N) is 4. The fourth-order valence-corrected chi connectivity index (χ4v) is 4.79. The van der Waals surface area contributed by atoms with Gasteiger partial charge in [0, 0.05) is 42.3 Å². The van der Waals surface area contributed by atoms with Gasteiger partial charge in [0.05, 0.1) is 17.6 Å². The largest absolute Gasteiger partial charge is 0.397 e. The Labute approximate surface area is 226 Å². The molecule has 5 N–H and O–H groups in total.